The number of nitro groups is 1. The van der Waals surface area contributed by atoms with Gasteiger partial charge < -0.3 is 16.2 Å². The topological polar surface area (TPSA) is 153 Å². The smallest absolute Gasteiger partial charge is 0.326 e. The summed E-state index contributed by atoms with van der Waals surface area (Å²) >= 11 is 0. The number of nitro benzene ring substituents is 1. The minimum absolute atomic E-state index is 0.197. The molecule has 0 saturated heterocycles. The first-order chi connectivity index (χ1) is 9.82. The van der Waals surface area contributed by atoms with E-state index in [2.05, 4.69) is 5.32 Å². The minimum atomic E-state index is -1.36. The quantitative estimate of drug-likeness (QED) is 0.477. The summed E-state index contributed by atoms with van der Waals surface area (Å²) in [5, 5.41) is 21.9. The van der Waals surface area contributed by atoms with Crippen molar-refractivity contribution in [1.82, 2.24) is 5.32 Å². The molecule has 1 atom stereocenters. The standard InChI is InChI=1S/C12H13N3O6/c13-10(16)6-5-8(12(18)19)14-11(17)7-3-1-2-4-9(7)15(20)21/h1-4,8H,5-6H2,(H2,13,16)(H,14,17)(H,18,19)/t8-/m0/s1. The highest BCUT2D eigenvalue weighted by atomic mass is 16.6. The highest BCUT2D eigenvalue weighted by Crippen LogP contribution is 2.17. The van der Waals surface area contributed by atoms with Gasteiger partial charge in [-0.25, -0.2) is 4.79 Å². The van der Waals surface area contributed by atoms with Crippen molar-refractivity contribution in [2.24, 2.45) is 5.73 Å². The van der Waals surface area contributed by atoms with Crippen molar-refractivity contribution in [3.63, 3.8) is 0 Å². The van der Waals surface area contributed by atoms with Gasteiger partial charge in [-0.05, 0) is 12.5 Å². The Balaban J connectivity index is 2.90. The lowest BCUT2D eigenvalue weighted by Gasteiger charge is -2.13. The second kappa shape index (κ2) is 6.98. The van der Waals surface area contributed by atoms with Crippen molar-refractivity contribution in [1.29, 1.82) is 0 Å². The van der Waals surface area contributed by atoms with Gasteiger partial charge in [-0.15, -0.1) is 0 Å². The molecule has 4 N–H and O–H groups in total. The number of nitrogens with two attached hydrogens (primary N) is 1. The van der Waals surface area contributed by atoms with Gasteiger partial charge in [0.1, 0.15) is 11.6 Å². The fourth-order valence-electron chi connectivity index (χ4n) is 1.60. The van der Waals surface area contributed by atoms with Gasteiger partial charge >= 0.3 is 5.97 Å². The summed E-state index contributed by atoms with van der Waals surface area (Å²) in [6, 6.07) is 3.79. The minimum Gasteiger partial charge on any atom is -0.480 e. The third-order valence-corrected chi connectivity index (χ3v) is 2.63. The molecule has 0 saturated carbocycles. The first-order valence-electron chi connectivity index (χ1n) is 5.88. The van der Waals surface area contributed by atoms with Crippen molar-refractivity contribution in [3.8, 4) is 0 Å². The van der Waals surface area contributed by atoms with Crippen molar-refractivity contribution < 1.29 is 24.4 Å². The largest absolute Gasteiger partial charge is 0.480 e. The Hall–Kier alpha value is -2.97. The number of nitrogens with zero attached hydrogens (tertiary/aromatic N) is 1. The Kier molecular flexibility index (Phi) is 5.35. The summed E-state index contributed by atoms with van der Waals surface area (Å²) in [4.78, 5) is 43.7. The molecule has 0 heterocycles. The molecule has 21 heavy (non-hydrogen) atoms. The first-order valence-corrected chi connectivity index (χ1v) is 5.88. The third-order valence-electron chi connectivity index (χ3n) is 2.63. The number of carbonyl (C=O) groups is 3. The van der Waals surface area contributed by atoms with Crippen LogP contribution in [0.5, 0.6) is 0 Å². The second-order valence-electron chi connectivity index (χ2n) is 4.14. The van der Waals surface area contributed by atoms with Crippen LogP contribution in [0.25, 0.3) is 0 Å². The molecule has 1 aromatic rings. The van der Waals surface area contributed by atoms with Crippen LogP contribution in [0.1, 0.15) is 23.2 Å². The number of carboxylic acid groups (broad SMARTS) is 1. The molecule has 0 fully saturated rings. The number of para-hydroxylation sites is 1. The van der Waals surface area contributed by atoms with E-state index in [1.165, 1.54) is 18.2 Å². The van der Waals surface area contributed by atoms with Gasteiger partial charge in [-0.2, -0.15) is 0 Å². The highest BCUT2D eigenvalue weighted by molar-refractivity contribution is 6.00. The van der Waals surface area contributed by atoms with Gasteiger partial charge in [-0.3, -0.25) is 19.7 Å². The number of carboxylic acids is 1. The normalized spacial score (nSPS) is 11.4. The number of hydrogen-bond donors (Lipinski definition) is 3. The van der Waals surface area contributed by atoms with Gasteiger partial charge in [0.2, 0.25) is 5.91 Å². The maximum absolute atomic E-state index is 11.9. The maximum atomic E-state index is 11.9. The van der Waals surface area contributed by atoms with Crippen LogP contribution < -0.4 is 11.1 Å². The zero-order valence-electron chi connectivity index (χ0n) is 10.8. The van der Waals surface area contributed by atoms with Gasteiger partial charge in [-0.1, -0.05) is 12.1 Å². The average Bonchev–Trinajstić information content (AvgIpc) is 2.42. The molecule has 9 heteroatoms. The predicted octanol–water partition coefficient (Wildman–Crippen LogP) is 0.0433. The molecule has 0 bridgehead atoms. The molecule has 0 aliphatic carbocycles. The third kappa shape index (κ3) is 4.56. The number of aliphatic carboxylic acids is 1. The fraction of sp³-hybridized carbons (Fsp3) is 0.250. The molecular weight excluding hydrogens is 282 g/mol. The van der Waals surface area contributed by atoms with E-state index in [4.69, 9.17) is 10.8 Å². The Bertz CT molecular complexity index is 586. The summed E-state index contributed by atoms with van der Waals surface area (Å²) in [6.45, 7) is 0. The van der Waals surface area contributed by atoms with Crippen molar-refractivity contribution in [2.45, 2.75) is 18.9 Å². The van der Waals surface area contributed by atoms with E-state index in [1.807, 2.05) is 0 Å². The van der Waals surface area contributed by atoms with E-state index >= 15 is 0 Å². The summed E-state index contributed by atoms with van der Waals surface area (Å²) in [6.07, 6.45) is -0.425. The maximum Gasteiger partial charge on any atom is 0.326 e. The molecule has 9 nitrogen and oxygen atoms in total. The molecule has 1 aromatic carbocycles. The highest BCUT2D eigenvalue weighted by Gasteiger charge is 2.25. The lowest BCUT2D eigenvalue weighted by molar-refractivity contribution is -0.385. The number of benzene rings is 1. The van der Waals surface area contributed by atoms with Gasteiger partial charge in [0, 0.05) is 12.5 Å². The van der Waals surface area contributed by atoms with Crippen LogP contribution in [-0.4, -0.2) is 33.9 Å². The van der Waals surface area contributed by atoms with Crippen LogP contribution in [0.3, 0.4) is 0 Å². The molecule has 0 aliphatic rings. The van der Waals surface area contributed by atoms with Crippen LogP contribution in [0.15, 0.2) is 24.3 Å². The van der Waals surface area contributed by atoms with Gasteiger partial charge in [0.25, 0.3) is 11.6 Å². The monoisotopic (exact) mass is 295 g/mol. The van der Waals surface area contributed by atoms with E-state index < -0.39 is 34.4 Å². The Morgan fingerprint density at radius 3 is 2.48 bits per heavy atom. The molecule has 0 unspecified atom stereocenters. The number of hydrogen-bond acceptors (Lipinski definition) is 5. The molecule has 0 aliphatic heterocycles. The van der Waals surface area contributed by atoms with Crippen LogP contribution in [-0.2, 0) is 9.59 Å². The Morgan fingerprint density at radius 1 is 1.33 bits per heavy atom. The molecule has 0 aromatic heterocycles. The summed E-state index contributed by atoms with van der Waals surface area (Å²) in [5.74, 6) is -2.97. The Labute approximate surface area is 118 Å². The number of rotatable bonds is 7. The number of primary amides is 1. The summed E-state index contributed by atoms with van der Waals surface area (Å²) in [5.41, 5.74) is 4.22. The second-order valence-corrected chi connectivity index (χ2v) is 4.14. The molecule has 0 spiro atoms. The fourth-order valence-corrected chi connectivity index (χ4v) is 1.60. The molecule has 1 rings (SSSR count). The molecule has 0 radical (unpaired) electrons. The summed E-state index contributed by atoms with van der Waals surface area (Å²) in [7, 11) is 0. The zero-order chi connectivity index (χ0) is 16.0. The Morgan fingerprint density at radius 2 is 1.95 bits per heavy atom. The van der Waals surface area contributed by atoms with E-state index in [-0.39, 0.29) is 18.4 Å². The van der Waals surface area contributed by atoms with Crippen molar-refractivity contribution >= 4 is 23.5 Å². The van der Waals surface area contributed by atoms with Crippen molar-refractivity contribution in [2.75, 3.05) is 0 Å². The lowest BCUT2D eigenvalue weighted by Crippen LogP contribution is -2.41. The first kappa shape index (κ1) is 16.1. The van der Waals surface area contributed by atoms with Gasteiger partial charge in [0.15, 0.2) is 0 Å². The SMILES string of the molecule is NC(=O)CC[C@H](NC(=O)c1ccccc1[N+](=O)[O-])C(=O)O. The van der Waals surface area contributed by atoms with Crippen LogP contribution in [0.2, 0.25) is 0 Å². The van der Waals surface area contributed by atoms with E-state index in [0.29, 0.717) is 0 Å². The van der Waals surface area contributed by atoms with E-state index in [1.54, 1.807) is 0 Å². The predicted molar refractivity (Wildman–Crippen MR) is 70.4 cm³/mol. The zero-order valence-corrected chi connectivity index (χ0v) is 10.8. The number of carbonyl (C=O) groups excluding carboxylic acids is 2. The van der Waals surface area contributed by atoms with Crippen LogP contribution in [0, 0.1) is 10.1 Å². The summed E-state index contributed by atoms with van der Waals surface area (Å²) < 4.78 is 0. The lowest BCUT2D eigenvalue weighted by atomic mass is 10.1. The molecule has 2 amide bonds. The number of nitrogens with one attached hydrogen (secondary N) is 1. The number of amides is 2. The average molecular weight is 295 g/mol. The van der Waals surface area contributed by atoms with Gasteiger partial charge in [0.05, 0.1) is 4.92 Å². The molecular formula is C12H13N3O6. The van der Waals surface area contributed by atoms with Crippen LogP contribution in [0.4, 0.5) is 5.69 Å². The van der Waals surface area contributed by atoms with Crippen molar-refractivity contribution in [3.05, 3.63) is 39.9 Å². The van der Waals surface area contributed by atoms with E-state index in [0.717, 1.165) is 6.07 Å². The molecule has 112 valence electrons. The van der Waals surface area contributed by atoms with Crippen LogP contribution >= 0.6 is 0 Å². The van der Waals surface area contributed by atoms with E-state index in [9.17, 15) is 24.5 Å².